The van der Waals surface area contributed by atoms with Crippen molar-refractivity contribution in [3.63, 3.8) is 0 Å². The van der Waals surface area contributed by atoms with Gasteiger partial charge in [-0.25, -0.2) is 14.8 Å². The van der Waals surface area contributed by atoms with E-state index in [-0.39, 0.29) is 24.6 Å². The van der Waals surface area contributed by atoms with Crippen LogP contribution in [0.2, 0.25) is 0 Å². The summed E-state index contributed by atoms with van der Waals surface area (Å²) in [7, 11) is 8.98. The molecule has 2 aromatic carbocycles. The highest BCUT2D eigenvalue weighted by Crippen LogP contribution is 2.36. The quantitative estimate of drug-likeness (QED) is 0.180. The Morgan fingerprint density at radius 1 is 1.18 bits per heavy atom. The largest absolute Gasteiger partial charge is 0.465 e. The maximum Gasteiger partial charge on any atom is 0.341 e. The Kier molecular flexibility index (Phi) is 8.87. The molecule has 0 saturated carbocycles. The summed E-state index contributed by atoms with van der Waals surface area (Å²) >= 11 is 0. The molecule has 4 rings (SSSR count). The molecule has 11 nitrogen and oxygen atoms in total. The first-order chi connectivity index (χ1) is 18.1. The predicted octanol–water partition coefficient (Wildman–Crippen LogP) is 5.02. The summed E-state index contributed by atoms with van der Waals surface area (Å²) in [5.41, 5.74) is 4.12. The van der Waals surface area contributed by atoms with Crippen LogP contribution in [-0.4, -0.2) is 71.7 Å². The minimum Gasteiger partial charge on any atom is -0.465 e. The van der Waals surface area contributed by atoms with Crippen LogP contribution in [0.4, 0.5) is 23.0 Å². The van der Waals surface area contributed by atoms with E-state index in [4.69, 9.17) is 4.74 Å². The van der Waals surface area contributed by atoms with Gasteiger partial charge in [0, 0.05) is 62.1 Å². The van der Waals surface area contributed by atoms with E-state index in [0.717, 1.165) is 28.6 Å². The summed E-state index contributed by atoms with van der Waals surface area (Å²) in [6.07, 6.45) is 3.31. The molecule has 2 heterocycles. The average Bonchev–Trinajstić information content (AvgIpc) is 3.23. The number of benzene rings is 2. The van der Waals surface area contributed by atoms with Gasteiger partial charge in [0.05, 0.1) is 23.4 Å². The monoisotopic (exact) mass is 533 g/mol. The molecule has 0 amide bonds. The molecule has 0 spiro atoms. The molecule has 0 aliphatic rings. The molecule has 0 aliphatic heterocycles. The van der Waals surface area contributed by atoms with Crippen molar-refractivity contribution in [3.05, 3.63) is 70.0 Å². The number of aromatic nitrogens is 3. The van der Waals surface area contributed by atoms with Crippen molar-refractivity contribution in [2.45, 2.75) is 14.4 Å². The Balaban J connectivity index is 0.00000420. The number of likely N-dealkylation sites (N-methyl/N-ethyl adjacent to an activating group) is 2. The summed E-state index contributed by atoms with van der Waals surface area (Å²) in [5, 5.41) is 16.0. The van der Waals surface area contributed by atoms with Crippen LogP contribution in [0, 0.1) is 17.0 Å². The van der Waals surface area contributed by atoms with Crippen LogP contribution in [0.15, 0.2) is 48.8 Å². The lowest BCUT2D eigenvalue weighted by atomic mass is 10.1. The third-order valence-electron chi connectivity index (χ3n) is 6.40. The zero-order valence-corrected chi connectivity index (χ0v) is 22.3. The van der Waals surface area contributed by atoms with Gasteiger partial charge >= 0.3 is 5.97 Å². The second-order valence-electron chi connectivity index (χ2n) is 9.38. The van der Waals surface area contributed by atoms with E-state index in [9.17, 15) is 14.9 Å². The molecule has 2 aromatic heterocycles. The number of aryl methyl sites for hydroxylation is 2. The van der Waals surface area contributed by atoms with Gasteiger partial charge in [0.25, 0.3) is 5.69 Å². The zero-order valence-electron chi connectivity index (χ0n) is 22.3. The van der Waals surface area contributed by atoms with Gasteiger partial charge in [-0.2, -0.15) is 0 Å². The number of hydrogen-bond donors (Lipinski definition) is 1. The standard InChI is InChI=1S/C27H31N7O4.CH4/c1-17-13-23(32(4)12-11-31(2)3)24(34(36)37)14-21(17)29-27-28-15-19(26(35)38-6)25(30-27)20-16-33(5)22-10-8-7-9-18(20)22;/h7-10,13-16H,11-12H2,1-6H3,(H,28,29,30);1H4. The van der Waals surface area contributed by atoms with Crippen LogP contribution in [-0.2, 0) is 11.8 Å². The van der Waals surface area contributed by atoms with Gasteiger partial charge in [-0.1, -0.05) is 25.6 Å². The van der Waals surface area contributed by atoms with Crippen LogP contribution in [0.3, 0.4) is 0 Å². The summed E-state index contributed by atoms with van der Waals surface area (Å²) in [6.45, 7) is 3.25. The van der Waals surface area contributed by atoms with E-state index in [2.05, 4.69) is 15.3 Å². The topological polar surface area (TPSA) is 119 Å². The fourth-order valence-electron chi connectivity index (χ4n) is 4.30. The lowest BCUT2D eigenvalue weighted by Gasteiger charge is -2.22. The Morgan fingerprint density at radius 3 is 2.56 bits per heavy atom. The first-order valence-corrected chi connectivity index (χ1v) is 12.0. The normalized spacial score (nSPS) is 10.8. The van der Waals surface area contributed by atoms with Crippen LogP contribution in [0.25, 0.3) is 22.2 Å². The summed E-state index contributed by atoms with van der Waals surface area (Å²) in [6, 6.07) is 11.1. The number of nitrogens with one attached hydrogen (secondary N) is 1. The molecule has 11 heteroatoms. The van der Waals surface area contributed by atoms with Crippen molar-refractivity contribution >= 4 is 39.9 Å². The number of hydrogen-bond acceptors (Lipinski definition) is 9. The molecule has 0 atom stereocenters. The minimum absolute atomic E-state index is 0. The van der Waals surface area contributed by atoms with Crippen LogP contribution < -0.4 is 10.2 Å². The number of carbonyl (C=O) groups excluding carboxylic acids is 1. The third-order valence-corrected chi connectivity index (χ3v) is 6.40. The first kappa shape index (κ1) is 29.1. The maximum absolute atomic E-state index is 12.6. The van der Waals surface area contributed by atoms with E-state index in [1.165, 1.54) is 19.4 Å². The number of carbonyl (C=O) groups is 1. The first-order valence-electron chi connectivity index (χ1n) is 12.0. The number of fused-ring (bicyclic) bond motifs is 1. The van der Waals surface area contributed by atoms with Gasteiger partial charge < -0.3 is 24.4 Å². The molecule has 39 heavy (non-hydrogen) atoms. The highest BCUT2D eigenvalue weighted by Gasteiger charge is 2.23. The number of anilines is 3. The van der Waals surface area contributed by atoms with Gasteiger partial charge in [0.2, 0.25) is 5.95 Å². The number of nitro benzene ring substituents is 1. The van der Waals surface area contributed by atoms with Gasteiger partial charge in [-0.3, -0.25) is 10.1 Å². The van der Waals surface area contributed by atoms with Gasteiger partial charge in [0.1, 0.15) is 11.3 Å². The molecule has 0 radical (unpaired) electrons. The lowest BCUT2D eigenvalue weighted by Crippen LogP contribution is -2.29. The van der Waals surface area contributed by atoms with Gasteiger partial charge in [0.15, 0.2) is 0 Å². The van der Waals surface area contributed by atoms with Crippen molar-refractivity contribution in [2.75, 3.05) is 51.6 Å². The van der Waals surface area contributed by atoms with E-state index >= 15 is 0 Å². The molecule has 0 bridgehead atoms. The third kappa shape index (κ3) is 5.99. The molecular weight excluding hydrogens is 498 g/mol. The Labute approximate surface area is 228 Å². The number of nitro groups is 1. The minimum atomic E-state index is -0.559. The molecule has 0 fully saturated rings. The van der Waals surface area contributed by atoms with Crippen LogP contribution in [0.5, 0.6) is 0 Å². The van der Waals surface area contributed by atoms with Crippen LogP contribution >= 0.6 is 0 Å². The number of rotatable bonds is 9. The van der Waals surface area contributed by atoms with E-state index in [1.54, 1.807) is 6.07 Å². The van der Waals surface area contributed by atoms with Crippen LogP contribution in [0.1, 0.15) is 23.3 Å². The molecule has 0 aliphatic carbocycles. The number of nitrogens with zero attached hydrogens (tertiary/aromatic N) is 6. The van der Waals surface area contributed by atoms with Crippen molar-refractivity contribution in [1.29, 1.82) is 0 Å². The Morgan fingerprint density at radius 2 is 1.90 bits per heavy atom. The molecular formula is C28H35N7O4. The maximum atomic E-state index is 12.6. The molecule has 4 aromatic rings. The number of ether oxygens (including phenoxy) is 1. The SMILES string of the molecule is C.COC(=O)c1cnc(Nc2cc([N+](=O)[O-])c(N(C)CCN(C)C)cc2C)nc1-c1cn(C)c2ccccc12. The smallest absolute Gasteiger partial charge is 0.341 e. The number of para-hydroxylation sites is 1. The Hall–Kier alpha value is -4.51. The highest BCUT2D eigenvalue weighted by molar-refractivity contribution is 6.02. The Bertz CT molecular complexity index is 1510. The van der Waals surface area contributed by atoms with Crippen molar-refractivity contribution in [2.24, 2.45) is 7.05 Å². The number of esters is 1. The van der Waals surface area contributed by atoms with E-state index in [0.29, 0.717) is 23.6 Å². The van der Waals surface area contributed by atoms with Crippen molar-refractivity contribution in [1.82, 2.24) is 19.4 Å². The van der Waals surface area contributed by atoms with Crippen molar-refractivity contribution < 1.29 is 14.5 Å². The molecule has 206 valence electrons. The van der Waals surface area contributed by atoms with Crippen molar-refractivity contribution in [3.8, 4) is 11.3 Å². The predicted molar refractivity (Wildman–Crippen MR) is 155 cm³/mol. The zero-order chi connectivity index (χ0) is 27.6. The van der Waals surface area contributed by atoms with E-state index < -0.39 is 10.9 Å². The fourth-order valence-corrected chi connectivity index (χ4v) is 4.30. The fraction of sp³-hybridized carbons (Fsp3) is 0.321. The second-order valence-corrected chi connectivity index (χ2v) is 9.38. The average molecular weight is 534 g/mol. The second kappa shape index (κ2) is 11.9. The summed E-state index contributed by atoms with van der Waals surface area (Å²) in [5.74, 6) is -0.358. The highest BCUT2D eigenvalue weighted by atomic mass is 16.6. The molecule has 1 N–H and O–H groups in total. The summed E-state index contributed by atoms with van der Waals surface area (Å²) < 4.78 is 6.94. The summed E-state index contributed by atoms with van der Waals surface area (Å²) in [4.78, 5) is 37.0. The van der Waals surface area contributed by atoms with Gasteiger partial charge in [-0.05, 0) is 38.7 Å². The van der Waals surface area contributed by atoms with E-state index in [1.807, 2.05) is 79.9 Å². The molecule has 0 unspecified atom stereocenters. The lowest BCUT2D eigenvalue weighted by molar-refractivity contribution is -0.384. The van der Waals surface area contributed by atoms with Gasteiger partial charge in [-0.15, -0.1) is 0 Å². The molecule has 0 saturated heterocycles. The number of methoxy groups -OCH3 is 1.